The molecule has 0 spiro atoms. The minimum absolute atomic E-state index is 0.0845. The number of hydrogen-bond donors (Lipinski definition) is 0. The van der Waals surface area contributed by atoms with Crippen molar-refractivity contribution in [3.8, 4) is 0 Å². The molecule has 0 aromatic heterocycles. The zero-order valence-corrected chi connectivity index (χ0v) is 7.77. The van der Waals surface area contributed by atoms with Gasteiger partial charge in [-0.25, -0.2) is 0 Å². The summed E-state index contributed by atoms with van der Waals surface area (Å²) >= 11 is 0. The monoisotopic (exact) mass is 152 g/mol. The van der Waals surface area contributed by atoms with Crippen LogP contribution in [0.5, 0.6) is 0 Å². The van der Waals surface area contributed by atoms with Gasteiger partial charge < -0.3 is 0 Å². The van der Waals surface area contributed by atoms with Crippen LogP contribution in [0.2, 0.25) is 0 Å². The lowest BCUT2D eigenvalue weighted by atomic mass is 9.75. The van der Waals surface area contributed by atoms with Crippen molar-refractivity contribution in [1.29, 1.82) is 0 Å². The highest BCUT2D eigenvalue weighted by molar-refractivity contribution is 5.98. The maximum Gasteiger partial charge on any atom is 0.140 e. The summed E-state index contributed by atoms with van der Waals surface area (Å²) < 4.78 is 0. The zero-order chi connectivity index (χ0) is 8.44. The van der Waals surface area contributed by atoms with Crippen LogP contribution in [0.15, 0.2) is 0 Å². The fraction of sp³-hybridized carbons (Fsp3) is 0.900. The molecule has 0 saturated heterocycles. The van der Waals surface area contributed by atoms with E-state index in [0.717, 1.165) is 6.42 Å². The predicted octanol–water partition coefficient (Wildman–Crippen LogP) is 2.26. The van der Waals surface area contributed by atoms with E-state index >= 15 is 0 Å². The van der Waals surface area contributed by atoms with Crippen LogP contribution in [0.1, 0.15) is 34.1 Å². The molecule has 0 radical (unpaired) electrons. The van der Waals surface area contributed by atoms with Crippen molar-refractivity contribution in [3.05, 3.63) is 0 Å². The van der Waals surface area contributed by atoms with Crippen LogP contribution in [0.4, 0.5) is 0 Å². The molecule has 3 atom stereocenters. The van der Waals surface area contributed by atoms with Crippen molar-refractivity contribution in [2.45, 2.75) is 34.1 Å². The molecule has 2 aliphatic rings. The molecule has 2 fully saturated rings. The van der Waals surface area contributed by atoms with Crippen molar-refractivity contribution in [3.63, 3.8) is 0 Å². The van der Waals surface area contributed by atoms with Gasteiger partial charge in [0.1, 0.15) is 5.78 Å². The highest BCUT2D eigenvalue weighted by Crippen LogP contribution is 2.81. The van der Waals surface area contributed by atoms with Gasteiger partial charge in [0.15, 0.2) is 0 Å². The van der Waals surface area contributed by atoms with E-state index in [4.69, 9.17) is 0 Å². The van der Waals surface area contributed by atoms with E-state index in [-0.39, 0.29) is 5.41 Å². The topological polar surface area (TPSA) is 17.1 Å². The minimum Gasteiger partial charge on any atom is -0.299 e. The number of ketones is 1. The quantitative estimate of drug-likeness (QED) is 0.563. The molecule has 0 aromatic rings. The first kappa shape index (κ1) is 7.33. The smallest absolute Gasteiger partial charge is 0.140 e. The van der Waals surface area contributed by atoms with Crippen molar-refractivity contribution < 1.29 is 4.79 Å². The zero-order valence-electron chi connectivity index (χ0n) is 7.77. The molecule has 1 nitrogen and oxygen atoms in total. The summed E-state index contributed by atoms with van der Waals surface area (Å²) in [6, 6.07) is 0. The Hall–Kier alpha value is -0.330. The molecule has 0 heterocycles. The van der Waals surface area contributed by atoms with Crippen molar-refractivity contribution in [2.24, 2.45) is 22.7 Å². The van der Waals surface area contributed by atoms with Crippen molar-refractivity contribution in [2.75, 3.05) is 0 Å². The van der Waals surface area contributed by atoms with Crippen molar-refractivity contribution >= 4 is 5.78 Å². The van der Waals surface area contributed by atoms with Gasteiger partial charge in [-0.1, -0.05) is 27.7 Å². The maximum atomic E-state index is 11.3. The Morgan fingerprint density at radius 2 is 2.00 bits per heavy atom. The highest BCUT2D eigenvalue weighted by Gasteiger charge is 2.82. The first-order valence-electron chi connectivity index (χ1n) is 4.48. The number of carbonyl (C=O) groups excluding carboxylic acids is 1. The van der Waals surface area contributed by atoms with E-state index in [1.807, 2.05) is 0 Å². The third kappa shape index (κ3) is 0.502. The molecule has 11 heavy (non-hydrogen) atoms. The van der Waals surface area contributed by atoms with Gasteiger partial charge in [-0.3, -0.25) is 4.79 Å². The fourth-order valence-electron chi connectivity index (χ4n) is 3.51. The predicted molar refractivity (Wildman–Crippen MR) is 44.2 cm³/mol. The summed E-state index contributed by atoms with van der Waals surface area (Å²) in [5.41, 5.74) is 0.472. The molecule has 2 saturated carbocycles. The van der Waals surface area contributed by atoms with Gasteiger partial charge in [-0.05, 0) is 17.3 Å². The van der Waals surface area contributed by atoms with Gasteiger partial charge >= 0.3 is 0 Å². The van der Waals surface area contributed by atoms with Crippen LogP contribution in [0.3, 0.4) is 0 Å². The van der Waals surface area contributed by atoms with E-state index < -0.39 is 0 Å². The summed E-state index contributed by atoms with van der Waals surface area (Å²) in [6.45, 7) is 8.86. The Morgan fingerprint density at radius 3 is 2.09 bits per heavy atom. The molecular formula is C10H16O. The number of Topliss-reactive ketones (excluding diaryl/α,β-unsaturated/α-hetero) is 1. The van der Waals surface area contributed by atoms with Crippen molar-refractivity contribution in [1.82, 2.24) is 0 Å². The third-order valence-electron chi connectivity index (χ3n) is 4.19. The summed E-state index contributed by atoms with van der Waals surface area (Å²) in [4.78, 5) is 11.3. The van der Waals surface area contributed by atoms with Gasteiger partial charge in [0.05, 0.1) is 0 Å². The molecule has 3 unspecified atom stereocenters. The number of hydrogen-bond acceptors (Lipinski definition) is 1. The van der Waals surface area contributed by atoms with Gasteiger partial charge in [-0.15, -0.1) is 0 Å². The Morgan fingerprint density at radius 1 is 1.45 bits per heavy atom. The lowest BCUT2D eigenvalue weighted by molar-refractivity contribution is -0.132. The average molecular weight is 152 g/mol. The minimum atomic E-state index is 0.0845. The molecule has 0 bridgehead atoms. The maximum absolute atomic E-state index is 11.3. The molecule has 2 aliphatic carbocycles. The molecule has 62 valence electrons. The van der Waals surface area contributed by atoms with Crippen LogP contribution < -0.4 is 0 Å². The van der Waals surface area contributed by atoms with Gasteiger partial charge in [0.25, 0.3) is 0 Å². The molecule has 0 aromatic carbocycles. The Labute approximate surface area is 68.2 Å². The highest BCUT2D eigenvalue weighted by atomic mass is 16.1. The number of rotatable bonds is 1. The lowest BCUT2D eigenvalue weighted by Gasteiger charge is -2.26. The van der Waals surface area contributed by atoms with Crippen LogP contribution in [-0.4, -0.2) is 5.78 Å². The molecular weight excluding hydrogens is 136 g/mol. The normalized spacial score (nSPS) is 53.9. The van der Waals surface area contributed by atoms with Gasteiger partial charge in [-0.2, -0.15) is 0 Å². The number of fused-ring (bicyclic) bond motifs is 1. The third-order valence-corrected chi connectivity index (χ3v) is 4.19. The van der Waals surface area contributed by atoms with Crippen LogP contribution in [0.25, 0.3) is 0 Å². The van der Waals surface area contributed by atoms with Crippen LogP contribution >= 0.6 is 0 Å². The van der Waals surface area contributed by atoms with E-state index in [2.05, 4.69) is 27.7 Å². The largest absolute Gasteiger partial charge is 0.299 e. The lowest BCUT2D eigenvalue weighted by Crippen LogP contribution is -2.32. The standard InChI is InChI=1S/C10H16O/c1-6(2)8-9(3)5-7(11)10(8,9)4/h6,8H,5H2,1-4H3. The van der Waals surface area contributed by atoms with Gasteiger partial charge in [0.2, 0.25) is 0 Å². The summed E-state index contributed by atoms with van der Waals surface area (Å²) in [6.07, 6.45) is 0.840. The fourth-order valence-corrected chi connectivity index (χ4v) is 3.51. The second kappa shape index (κ2) is 1.55. The first-order valence-corrected chi connectivity index (χ1v) is 4.48. The van der Waals surface area contributed by atoms with Crippen LogP contribution in [0, 0.1) is 22.7 Å². The second-order valence-electron chi connectivity index (χ2n) is 4.94. The summed E-state index contributed by atoms with van der Waals surface area (Å²) in [7, 11) is 0. The molecule has 0 amide bonds. The Bertz CT molecular complexity index is 231. The Kier molecular flexibility index (Phi) is 1.03. The van der Waals surface area contributed by atoms with E-state index in [9.17, 15) is 4.79 Å². The first-order chi connectivity index (χ1) is 4.94. The molecule has 2 rings (SSSR count). The SMILES string of the molecule is CC(C)C1C2(C)CC(=O)C12C. The van der Waals surface area contributed by atoms with E-state index in [1.165, 1.54) is 0 Å². The summed E-state index contributed by atoms with van der Waals surface area (Å²) in [5.74, 6) is 1.85. The Balaban J connectivity index is 2.27. The van der Waals surface area contributed by atoms with E-state index in [0.29, 0.717) is 23.0 Å². The second-order valence-corrected chi connectivity index (χ2v) is 4.94. The molecule has 0 aliphatic heterocycles. The van der Waals surface area contributed by atoms with E-state index in [1.54, 1.807) is 0 Å². The average Bonchev–Trinajstić information content (AvgIpc) is 2.24. The summed E-state index contributed by atoms with van der Waals surface area (Å²) in [5, 5.41) is 0. The molecule has 0 N–H and O–H groups in total. The van der Waals surface area contributed by atoms with Crippen LogP contribution in [-0.2, 0) is 4.79 Å². The number of carbonyl (C=O) groups is 1. The van der Waals surface area contributed by atoms with Gasteiger partial charge in [0, 0.05) is 11.8 Å². The molecule has 1 heteroatoms.